The third kappa shape index (κ3) is 2.46. The molecule has 1 heteroatoms. The van der Waals surface area contributed by atoms with Gasteiger partial charge in [0.25, 0.3) is 0 Å². The topological polar surface area (TPSA) is 12.9 Å². The fourth-order valence-electron chi connectivity index (χ4n) is 3.54. The van der Waals surface area contributed by atoms with Gasteiger partial charge in [0.1, 0.15) is 0 Å². The van der Waals surface area contributed by atoms with Crippen LogP contribution in [-0.2, 0) is 5.41 Å². The van der Waals surface area contributed by atoms with Crippen LogP contribution in [0.5, 0.6) is 0 Å². The molecule has 1 aromatic heterocycles. The molecule has 0 N–H and O–H groups in total. The molecular weight excluding hydrogens is 278 g/mol. The highest BCUT2D eigenvalue weighted by Crippen LogP contribution is 2.49. The van der Waals surface area contributed by atoms with Crippen LogP contribution in [0, 0.1) is 0 Å². The molecule has 0 aliphatic heterocycles. The van der Waals surface area contributed by atoms with Crippen LogP contribution >= 0.6 is 0 Å². The van der Waals surface area contributed by atoms with Crippen molar-refractivity contribution in [3.05, 3.63) is 89.6 Å². The van der Waals surface area contributed by atoms with Gasteiger partial charge >= 0.3 is 0 Å². The summed E-state index contributed by atoms with van der Waals surface area (Å²) in [5.74, 6) is -0.716. The number of fused-ring (bicyclic) bond motifs is 1. The van der Waals surface area contributed by atoms with E-state index in [1.54, 1.807) is 0 Å². The standard InChI is InChI=1S/C22H21N/c1-22(2)14-19(16-9-5-3-6-10-16)18-13-21(23-15-20(18)22)17-11-7-4-8-12-17/h3-13,15,19H,14H2,1-2H3/i19D. The van der Waals surface area contributed by atoms with Crippen molar-refractivity contribution in [3.8, 4) is 11.3 Å². The fraction of sp³-hybridized carbons (Fsp3) is 0.227. The first-order chi connectivity index (χ1) is 11.5. The molecule has 0 saturated carbocycles. The minimum atomic E-state index is -0.716. The fourth-order valence-corrected chi connectivity index (χ4v) is 3.54. The number of rotatable bonds is 2. The second kappa shape index (κ2) is 5.34. The van der Waals surface area contributed by atoms with Gasteiger partial charge in [0, 0.05) is 19.0 Å². The van der Waals surface area contributed by atoms with Gasteiger partial charge in [-0.25, -0.2) is 0 Å². The Morgan fingerprint density at radius 3 is 2.35 bits per heavy atom. The second-order valence-electron chi connectivity index (χ2n) is 6.89. The lowest BCUT2D eigenvalue weighted by molar-refractivity contribution is 0.498. The first-order valence-electron chi connectivity index (χ1n) is 8.63. The van der Waals surface area contributed by atoms with Gasteiger partial charge in [-0.15, -0.1) is 0 Å². The molecule has 1 aliphatic carbocycles. The van der Waals surface area contributed by atoms with E-state index in [2.05, 4.69) is 44.2 Å². The first-order valence-corrected chi connectivity index (χ1v) is 8.13. The molecule has 1 heterocycles. The van der Waals surface area contributed by atoms with Crippen LogP contribution in [0.3, 0.4) is 0 Å². The van der Waals surface area contributed by atoms with Crippen molar-refractivity contribution < 1.29 is 1.37 Å². The number of nitrogens with zero attached hydrogens (tertiary/aromatic N) is 1. The summed E-state index contributed by atoms with van der Waals surface area (Å²) < 4.78 is 9.29. The molecule has 0 amide bonds. The maximum Gasteiger partial charge on any atom is 0.0705 e. The molecule has 0 fully saturated rings. The van der Waals surface area contributed by atoms with E-state index in [0.29, 0.717) is 0 Å². The third-order valence-corrected chi connectivity index (χ3v) is 4.77. The summed E-state index contributed by atoms with van der Waals surface area (Å²) in [6.45, 7) is 4.43. The lowest BCUT2D eigenvalue weighted by Crippen LogP contribution is -2.12. The van der Waals surface area contributed by atoms with Crippen LogP contribution in [0.15, 0.2) is 72.9 Å². The molecule has 2 aromatic carbocycles. The highest BCUT2D eigenvalue weighted by Gasteiger charge is 2.37. The zero-order chi connectivity index (χ0) is 16.8. The number of benzene rings is 2. The quantitative estimate of drug-likeness (QED) is 0.603. The number of aromatic nitrogens is 1. The zero-order valence-corrected chi connectivity index (χ0v) is 13.6. The third-order valence-electron chi connectivity index (χ3n) is 4.77. The van der Waals surface area contributed by atoms with E-state index in [1.165, 1.54) is 5.56 Å². The Bertz CT molecular complexity index is 871. The summed E-state index contributed by atoms with van der Waals surface area (Å²) in [5.41, 5.74) is 5.34. The van der Waals surface area contributed by atoms with Crippen LogP contribution in [0.2, 0.25) is 0 Å². The summed E-state index contributed by atoms with van der Waals surface area (Å²) in [4.78, 5) is 4.69. The van der Waals surface area contributed by atoms with Crippen molar-refractivity contribution >= 4 is 0 Å². The Morgan fingerprint density at radius 1 is 1.00 bits per heavy atom. The molecule has 114 valence electrons. The van der Waals surface area contributed by atoms with Gasteiger partial charge in [-0.05, 0) is 34.6 Å². The number of pyridine rings is 1. The van der Waals surface area contributed by atoms with Gasteiger partial charge in [-0.2, -0.15) is 0 Å². The van der Waals surface area contributed by atoms with Crippen LogP contribution in [0.4, 0.5) is 0 Å². The Balaban J connectivity index is 1.92. The molecule has 3 aromatic rings. The maximum atomic E-state index is 9.29. The first kappa shape index (κ1) is 13.1. The summed E-state index contributed by atoms with van der Waals surface area (Å²) in [6.07, 6.45) is 2.76. The zero-order valence-electron chi connectivity index (χ0n) is 14.6. The normalized spacial score (nSPS) is 22.4. The number of hydrogen-bond acceptors (Lipinski definition) is 1. The Labute approximate surface area is 139 Å². The molecule has 1 aliphatic rings. The van der Waals surface area contributed by atoms with Crippen LogP contribution in [0.1, 0.15) is 44.2 Å². The Morgan fingerprint density at radius 2 is 1.65 bits per heavy atom. The van der Waals surface area contributed by atoms with Gasteiger partial charge < -0.3 is 0 Å². The smallest absolute Gasteiger partial charge is 0.0705 e. The molecule has 1 atom stereocenters. The van der Waals surface area contributed by atoms with Gasteiger partial charge in [0.05, 0.1) is 5.69 Å². The molecular formula is C22H21N. The van der Waals surface area contributed by atoms with E-state index in [0.717, 1.165) is 28.8 Å². The average Bonchev–Trinajstić information content (AvgIpc) is 2.83. The average molecular weight is 300 g/mol. The maximum absolute atomic E-state index is 9.29. The number of hydrogen-bond donors (Lipinski definition) is 0. The van der Waals surface area contributed by atoms with Crippen molar-refractivity contribution in [2.24, 2.45) is 0 Å². The van der Waals surface area contributed by atoms with E-state index in [4.69, 9.17) is 4.98 Å². The summed E-state index contributed by atoms with van der Waals surface area (Å²) in [6, 6.07) is 22.5. The molecule has 23 heavy (non-hydrogen) atoms. The van der Waals surface area contributed by atoms with Gasteiger partial charge in [0.2, 0.25) is 0 Å². The predicted molar refractivity (Wildman–Crippen MR) is 95.6 cm³/mol. The lowest BCUT2D eigenvalue weighted by atomic mass is 9.85. The van der Waals surface area contributed by atoms with Gasteiger partial charge in [-0.1, -0.05) is 74.5 Å². The van der Waals surface area contributed by atoms with Crippen molar-refractivity contribution in [1.82, 2.24) is 4.98 Å². The van der Waals surface area contributed by atoms with Crippen molar-refractivity contribution in [3.63, 3.8) is 0 Å². The summed E-state index contributed by atoms with van der Waals surface area (Å²) in [7, 11) is 0. The van der Waals surface area contributed by atoms with Crippen LogP contribution < -0.4 is 0 Å². The van der Waals surface area contributed by atoms with E-state index in [-0.39, 0.29) is 5.41 Å². The SMILES string of the molecule is [2H]C1(c2ccccc2)CC(C)(C)c2cnc(-c3ccccc3)cc21. The highest BCUT2D eigenvalue weighted by molar-refractivity contribution is 5.62. The summed E-state index contributed by atoms with van der Waals surface area (Å²) >= 11 is 0. The molecule has 4 rings (SSSR count). The minimum Gasteiger partial charge on any atom is -0.256 e. The Hall–Kier alpha value is -2.41. The van der Waals surface area contributed by atoms with E-state index in [9.17, 15) is 1.37 Å². The molecule has 0 spiro atoms. The molecule has 1 unspecified atom stereocenters. The Kier molecular flexibility index (Phi) is 3.04. The van der Waals surface area contributed by atoms with Crippen LogP contribution in [-0.4, -0.2) is 4.98 Å². The van der Waals surface area contributed by atoms with Crippen molar-refractivity contribution in [2.45, 2.75) is 31.6 Å². The molecule has 0 radical (unpaired) electrons. The monoisotopic (exact) mass is 300 g/mol. The predicted octanol–water partition coefficient (Wildman–Crippen LogP) is 5.56. The van der Waals surface area contributed by atoms with Crippen molar-refractivity contribution in [2.75, 3.05) is 0 Å². The van der Waals surface area contributed by atoms with Gasteiger partial charge in [0.15, 0.2) is 0 Å². The van der Waals surface area contributed by atoms with Crippen molar-refractivity contribution in [1.29, 1.82) is 0 Å². The van der Waals surface area contributed by atoms with E-state index in [1.807, 2.05) is 42.6 Å². The highest BCUT2D eigenvalue weighted by atomic mass is 14.7. The molecule has 1 nitrogen and oxygen atoms in total. The lowest BCUT2D eigenvalue weighted by Gasteiger charge is -2.19. The minimum absolute atomic E-state index is 0.0465. The summed E-state index contributed by atoms with van der Waals surface area (Å²) in [5, 5.41) is 0. The molecule has 0 saturated heterocycles. The van der Waals surface area contributed by atoms with E-state index < -0.39 is 5.89 Å². The van der Waals surface area contributed by atoms with Gasteiger partial charge in [-0.3, -0.25) is 4.98 Å². The second-order valence-corrected chi connectivity index (χ2v) is 6.89. The van der Waals surface area contributed by atoms with Crippen LogP contribution in [0.25, 0.3) is 11.3 Å². The largest absolute Gasteiger partial charge is 0.256 e. The van der Waals surface area contributed by atoms with E-state index >= 15 is 0 Å². The molecule has 0 bridgehead atoms.